The van der Waals surface area contributed by atoms with Gasteiger partial charge in [-0.25, -0.2) is 0 Å². The fourth-order valence-electron chi connectivity index (χ4n) is 1.83. The van der Waals surface area contributed by atoms with E-state index in [1.165, 1.54) is 0 Å². The average molecular weight is 334 g/mol. The molecule has 20 heavy (non-hydrogen) atoms. The van der Waals surface area contributed by atoms with Crippen LogP contribution in [0.1, 0.15) is 25.7 Å². The molecular formula is C12H13Cl2N3O2S. The van der Waals surface area contributed by atoms with Gasteiger partial charge in [-0.1, -0.05) is 29.6 Å². The number of aliphatic carboxylic acids is 1. The van der Waals surface area contributed by atoms with Crippen molar-refractivity contribution in [2.45, 2.75) is 25.7 Å². The van der Waals surface area contributed by atoms with Crippen molar-refractivity contribution < 1.29 is 9.90 Å². The number of anilines is 1. The Labute approximate surface area is 130 Å². The van der Waals surface area contributed by atoms with E-state index in [2.05, 4.69) is 14.1 Å². The standard InChI is InChI=1S/C12H13Cl2N3O2S/c13-7-6-8(14)11-12(17-20-16-11)10(7)15-5-3-1-2-4-9(18)19/h6,15H,1-5H2,(H,18,19). The van der Waals surface area contributed by atoms with Gasteiger partial charge in [0, 0.05) is 13.0 Å². The van der Waals surface area contributed by atoms with Gasteiger partial charge in [0.2, 0.25) is 0 Å². The fraction of sp³-hybridized carbons (Fsp3) is 0.417. The molecule has 0 saturated heterocycles. The van der Waals surface area contributed by atoms with Crippen LogP contribution in [0.5, 0.6) is 0 Å². The van der Waals surface area contributed by atoms with Crippen molar-refractivity contribution in [3.63, 3.8) is 0 Å². The summed E-state index contributed by atoms with van der Waals surface area (Å²) in [6, 6.07) is 1.65. The summed E-state index contributed by atoms with van der Waals surface area (Å²) >= 11 is 13.3. The maximum absolute atomic E-state index is 10.4. The van der Waals surface area contributed by atoms with E-state index < -0.39 is 5.97 Å². The first-order chi connectivity index (χ1) is 9.59. The zero-order valence-electron chi connectivity index (χ0n) is 10.5. The number of fused-ring (bicyclic) bond motifs is 1. The molecule has 5 nitrogen and oxygen atoms in total. The number of benzene rings is 1. The molecule has 2 N–H and O–H groups in total. The molecule has 0 fully saturated rings. The lowest BCUT2D eigenvalue weighted by molar-refractivity contribution is -0.137. The van der Waals surface area contributed by atoms with Gasteiger partial charge >= 0.3 is 5.97 Å². The fourth-order valence-corrected chi connectivity index (χ4v) is 3.01. The second-order valence-corrected chi connectivity index (χ2v) is 5.65. The van der Waals surface area contributed by atoms with Crippen LogP contribution in [0.3, 0.4) is 0 Å². The van der Waals surface area contributed by atoms with E-state index in [0.29, 0.717) is 34.0 Å². The van der Waals surface area contributed by atoms with Gasteiger partial charge in [0.1, 0.15) is 11.0 Å². The molecule has 0 radical (unpaired) electrons. The quantitative estimate of drug-likeness (QED) is 0.747. The Balaban J connectivity index is 1.93. The van der Waals surface area contributed by atoms with Crippen molar-refractivity contribution in [3.8, 4) is 0 Å². The van der Waals surface area contributed by atoms with Crippen LogP contribution >= 0.6 is 34.9 Å². The number of unbranched alkanes of at least 4 members (excludes halogenated alkanes) is 2. The minimum atomic E-state index is -0.756. The third kappa shape index (κ3) is 3.71. The normalized spacial score (nSPS) is 10.9. The van der Waals surface area contributed by atoms with Crippen molar-refractivity contribution in [1.82, 2.24) is 8.75 Å². The Kier molecular flexibility index (Phi) is 5.39. The van der Waals surface area contributed by atoms with Gasteiger partial charge < -0.3 is 10.4 Å². The molecule has 2 rings (SSSR count). The first-order valence-corrected chi connectivity index (χ1v) is 7.64. The van der Waals surface area contributed by atoms with Crippen LogP contribution in [-0.2, 0) is 4.79 Å². The number of hydrogen-bond donors (Lipinski definition) is 2. The summed E-state index contributed by atoms with van der Waals surface area (Å²) in [4.78, 5) is 10.4. The summed E-state index contributed by atoms with van der Waals surface area (Å²) in [5.41, 5.74) is 2.06. The van der Waals surface area contributed by atoms with Crippen LogP contribution in [0.4, 0.5) is 5.69 Å². The van der Waals surface area contributed by atoms with Crippen LogP contribution < -0.4 is 5.32 Å². The SMILES string of the molecule is O=C(O)CCCCCNc1c(Cl)cc(Cl)c2nsnc12. The van der Waals surface area contributed by atoms with Crippen molar-refractivity contribution in [2.24, 2.45) is 0 Å². The maximum Gasteiger partial charge on any atom is 0.303 e. The number of nitrogens with zero attached hydrogens (tertiary/aromatic N) is 2. The molecule has 0 aliphatic carbocycles. The summed E-state index contributed by atoms with van der Waals surface area (Å²) in [7, 11) is 0. The third-order valence-electron chi connectivity index (χ3n) is 2.81. The first-order valence-electron chi connectivity index (χ1n) is 6.15. The van der Waals surface area contributed by atoms with E-state index in [1.54, 1.807) is 6.07 Å². The van der Waals surface area contributed by atoms with Gasteiger partial charge in [-0.05, 0) is 18.9 Å². The Morgan fingerprint density at radius 3 is 2.70 bits per heavy atom. The van der Waals surface area contributed by atoms with Crippen LogP contribution in [0, 0.1) is 0 Å². The molecule has 1 heterocycles. The summed E-state index contributed by atoms with van der Waals surface area (Å²) < 4.78 is 8.33. The molecule has 0 unspecified atom stereocenters. The lowest BCUT2D eigenvalue weighted by atomic mass is 10.2. The number of hydrogen-bond acceptors (Lipinski definition) is 5. The Hall–Kier alpha value is -1.11. The van der Waals surface area contributed by atoms with E-state index >= 15 is 0 Å². The molecule has 8 heteroatoms. The van der Waals surface area contributed by atoms with E-state index in [9.17, 15) is 4.79 Å². The third-order valence-corrected chi connectivity index (χ3v) is 3.93. The van der Waals surface area contributed by atoms with E-state index in [0.717, 1.165) is 30.3 Å². The van der Waals surface area contributed by atoms with Gasteiger partial charge in [-0.15, -0.1) is 0 Å². The first kappa shape index (κ1) is 15.3. The lowest BCUT2D eigenvalue weighted by Gasteiger charge is -2.09. The van der Waals surface area contributed by atoms with Crippen molar-refractivity contribution >= 4 is 57.6 Å². The highest BCUT2D eigenvalue weighted by atomic mass is 35.5. The topological polar surface area (TPSA) is 75.1 Å². The van der Waals surface area contributed by atoms with Crippen LogP contribution in [0.15, 0.2) is 6.07 Å². The minimum absolute atomic E-state index is 0.210. The summed E-state index contributed by atoms with van der Waals surface area (Å²) in [5, 5.41) is 12.8. The minimum Gasteiger partial charge on any atom is -0.481 e. The predicted molar refractivity (Wildman–Crippen MR) is 82.0 cm³/mol. The highest BCUT2D eigenvalue weighted by molar-refractivity contribution is 7.00. The Morgan fingerprint density at radius 1 is 1.20 bits per heavy atom. The van der Waals surface area contributed by atoms with Crippen LogP contribution in [0.2, 0.25) is 10.0 Å². The smallest absolute Gasteiger partial charge is 0.303 e. The van der Waals surface area contributed by atoms with Crippen molar-refractivity contribution in [3.05, 3.63) is 16.1 Å². The van der Waals surface area contributed by atoms with E-state index in [1.807, 2.05) is 0 Å². The molecule has 1 aromatic carbocycles. The summed E-state index contributed by atoms with van der Waals surface area (Å²) in [5.74, 6) is -0.756. The molecule has 0 aliphatic heterocycles. The molecule has 0 amide bonds. The van der Waals surface area contributed by atoms with E-state index in [4.69, 9.17) is 28.3 Å². The second-order valence-electron chi connectivity index (χ2n) is 4.31. The zero-order chi connectivity index (χ0) is 14.5. The summed E-state index contributed by atoms with van der Waals surface area (Å²) in [6.07, 6.45) is 2.61. The van der Waals surface area contributed by atoms with E-state index in [-0.39, 0.29) is 6.42 Å². The molecule has 0 saturated carbocycles. The predicted octanol–water partition coefficient (Wildman–Crippen LogP) is 4.06. The molecule has 0 aliphatic rings. The molecule has 0 atom stereocenters. The average Bonchev–Trinajstić information content (AvgIpc) is 2.86. The zero-order valence-corrected chi connectivity index (χ0v) is 12.9. The van der Waals surface area contributed by atoms with Crippen molar-refractivity contribution in [2.75, 3.05) is 11.9 Å². The van der Waals surface area contributed by atoms with Gasteiger partial charge in [0.05, 0.1) is 27.5 Å². The highest BCUT2D eigenvalue weighted by Crippen LogP contribution is 2.35. The summed E-state index contributed by atoms with van der Waals surface area (Å²) in [6.45, 7) is 0.702. The number of aromatic nitrogens is 2. The molecule has 0 spiro atoms. The van der Waals surface area contributed by atoms with Gasteiger partial charge in [0.25, 0.3) is 0 Å². The van der Waals surface area contributed by atoms with Gasteiger partial charge in [-0.3, -0.25) is 4.79 Å². The molecular weight excluding hydrogens is 321 g/mol. The second kappa shape index (κ2) is 7.06. The lowest BCUT2D eigenvalue weighted by Crippen LogP contribution is -2.03. The number of halogens is 2. The molecule has 0 bridgehead atoms. The van der Waals surface area contributed by atoms with Crippen molar-refractivity contribution in [1.29, 1.82) is 0 Å². The van der Waals surface area contributed by atoms with Gasteiger partial charge in [0.15, 0.2) is 0 Å². The molecule has 1 aromatic heterocycles. The number of carboxylic acids is 1. The monoisotopic (exact) mass is 333 g/mol. The number of nitrogens with one attached hydrogen (secondary N) is 1. The molecule has 108 valence electrons. The number of rotatable bonds is 7. The number of carbonyl (C=O) groups is 1. The maximum atomic E-state index is 10.4. The van der Waals surface area contributed by atoms with Crippen LogP contribution in [-0.4, -0.2) is 26.4 Å². The van der Waals surface area contributed by atoms with Gasteiger partial charge in [-0.2, -0.15) is 8.75 Å². The highest BCUT2D eigenvalue weighted by Gasteiger charge is 2.13. The number of carboxylic acid groups (broad SMARTS) is 1. The largest absolute Gasteiger partial charge is 0.481 e. The molecule has 2 aromatic rings. The Bertz CT molecular complexity index is 618. The van der Waals surface area contributed by atoms with Crippen LogP contribution in [0.25, 0.3) is 11.0 Å². The Morgan fingerprint density at radius 2 is 1.95 bits per heavy atom.